The molecule has 2 rings (SSSR count). The lowest BCUT2D eigenvalue weighted by molar-refractivity contribution is 0.177. The monoisotopic (exact) mass is 312 g/mol. The molecule has 0 aliphatic carbocycles. The van der Waals surface area contributed by atoms with Gasteiger partial charge in [-0.1, -0.05) is 6.07 Å². The number of fused-ring (bicyclic) bond motifs is 1. The average Bonchev–Trinajstić information content (AvgIpc) is 2.45. The Morgan fingerprint density at radius 2 is 2.14 bits per heavy atom. The molecule has 0 aromatic heterocycles. The van der Waals surface area contributed by atoms with Gasteiger partial charge in [-0.2, -0.15) is 0 Å². The van der Waals surface area contributed by atoms with Crippen LogP contribution in [-0.2, 0) is 16.4 Å². The van der Waals surface area contributed by atoms with Crippen LogP contribution in [-0.4, -0.2) is 44.1 Å². The molecule has 0 radical (unpaired) electrons. The van der Waals surface area contributed by atoms with E-state index in [4.69, 9.17) is 0 Å². The summed E-state index contributed by atoms with van der Waals surface area (Å²) < 4.78 is 26.8. The van der Waals surface area contributed by atoms with Crippen LogP contribution in [0.5, 0.6) is 0 Å². The van der Waals surface area contributed by atoms with E-state index in [1.165, 1.54) is 4.31 Å². The molecular formula is C15H24N2O3S. The lowest BCUT2D eigenvalue weighted by atomic mass is 10.00. The summed E-state index contributed by atoms with van der Waals surface area (Å²) in [6.07, 6.45) is 1.65. The molecule has 1 aliphatic rings. The highest BCUT2D eigenvalue weighted by Crippen LogP contribution is 2.32. The van der Waals surface area contributed by atoms with Crippen molar-refractivity contribution in [3.05, 3.63) is 23.3 Å². The Morgan fingerprint density at radius 3 is 2.81 bits per heavy atom. The maximum absolute atomic E-state index is 12.7. The van der Waals surface area contributed by atoms with Gasteiger partial charge in [0.15, 0.2) is 0 Å². The van der Waals surface area contributed by atoms with Crippen LogP contribution in [0.1, 0.15) is 30.9 Å². The van der Waals surface area contributed by atoms with E-state index in [0.717, 1.165) is 36.2 Å². The molecule has 0 spiro atoms. The van der Waals surface area contributed by atoms with Gasteiger partial charge in [0.2, 0.25) is 10.0 Å². The number of anilines is 1. The second-order valence-corrected chi connectivity index (χ2v) is 7.74. The van der Waals surface area contributed by atoms with Gasteiger partial charge in [0.1, 0.15) is 0 Å². The van der Waals surface area contributed by atoms with E-state index in [1.807, 2.05) is 13.0 Å². The lowest BCUT2D eigenvalue weighted by Gasteiger charge is -2.25. The van der Waals surface area contributed by atoms with Crippen molar-refractivity contribution in [2.45, 2.75) is 44.1 Å². The quantitative estimate of drug-likeness (QED) is 0.869. The van der Waals surface area contributed by atoms with Crippen molar-refractivity contribution in [2.24, 2.45) is 0 Å². The summed E-state index contributed by atoms with van der Waals surface area (Å²) in [5.74, 6) is 0. The van der Waals surface area contributed by atoms with Gasteiger partial charge in [-0.15, -0.1) is 0 Å². The first-order valence-corrected chi connectivity index (χ1v) is 8.79. The van der Waals surface area contributed by atoms with Gasteiger partial charge in [-0.3, -0.25) is 0 Å². The number of nitrogens with zero attached hydrogens (tertiary/aromatic N) is 1. The molecule has 1 heterocycles. The fourth-order valence-electron chi connectivity index (χ4n) is 2.62. The van der Waals surface area contributed by atoms with Crippen molar-refractivity contribution < 1.29 is 13.5 Å². The van der Waals surface area contributed by atoms with Crippen molar-refractivity contribution >= 4 is 15.7 Å². The Hall–Kier alpha value is -1.11. The zero-order valence-corrected chi connectivity index (χ0v) is 13.7. The van der Waals surface area contributed by atoms with Crippen LogP contribution in [0.3, 0.4) is 0 Å². The zero-order chi connectivity index (χ0) is 15.6. The van der Waals surface area contributed by atoms with Gasteiger partial charge in [0.05, 0.1) is 11.0 Å². The van der Waals surface area contributed by atoms with Crippen molar-refractivity contribution in [2.75, 3.05) is 25.5 Å². The van der Waals surface area contributed by atoms with Gasteiger partial charge in [0.25, 0.3) is 0 Å². The number of rotatable bonds is 5. The van der Waals surface area contributed by atoms with Crippen LogP contribution in [0.4, 0.5) is 5.69 Å². The zero-order valence-electron chi connectivity index (χ0n) is 12.9. The van der Waals surface area contributed by atoms with Gasteiger partial charge >= 0.3 is 0 Å². The standard InChI is InChI=1S/C15H24N2O3S/c1-11-6-7-14(13-5-4-9-16-15(11)13)21(19,20)17(3)10-8-12(2)18/h6-7,12,16,18H,4-5,8-10H2,1-3H3. The third kappa shape index (κ3) is 3.39. The van der Waals surface area contributed by atoms with E-state index in [9.17, 15) is 13.5 Å². The first-order valence-electron chi connectivity index (χ1n) is 7.35. The number of aliphatic hydroxyl groups excluding tert-OH is 1. The molecule has 0 amide bonds. The number of benzene rings is 1. The minimum atomic E-state index is -3.51. The molecule has 118 valence electrons. The maximum Gasteiger partial charge on any atom is 0.243 e. The minimum absolute atomic E-state index is 0.316. The number of nitrogens with one attached hydrogen (secondary N) is 1. The highest BCUT2D eigenvalue weighted by atomic mass is 32.2. The summed E-state index contributed by atoms with van der Waals surface area (Å²) in [7, 11) is -1.94. The lowest BCUT2D eigenvalue weighted by Crippen LogP contribution is -2.31. The third-order valence-corrected chi connectivity index (χ3v) is 5.88. The summed E-state index contributed by atoms with van der Waals surface area (Å²) in [5.41, 5.74) is 2.94. The first kappa shape index (κ1) is 16.3. The predicted molar refractivity (Wildman–Crippen MR) is 84.1 cm³/mol. The highest BCUT2D eigenvalue weighted by Gasteiger charge is 2.27. The van der Waals surface area contributed by atoms with E-state index in [-0.39, 0.29) is 0 Å². The predicted octanol–water partition coefficient (Wildman–Crippen LogP) is 1.74. The highest BCUT2D eigenvalue weighted by molar-refractivity contribution is 7.89. The first-order chi connectivity index (χ1) is 9.84. The van der Waals surface area contributed by atoms with Gasteiger partial charge in [-0.25, -0.2) is 12.7 Å². The molecule has 0 bridgehead atoms. The number of sulfonamides is 1. The van der Waals surface area contributed by atoms with Crippen molar-refractivity contribution in [3.63, 3.8) is 0 Å². The number of hydrogen-bond acceptors (Lipinski definition) is 4. The molecule has 1 aromatic rings. The summed E-state index contributed by atoms with van der Waals surface area (Å²) in [4.78, 5) is 0.392. The summed E-state index contributed by atoms with van der Waals surface area (Å²) >= 11 is 0. The topological polar surface area (TPSA) is 69.6 Å². The summed E-state index contributed by atoms with van der Waals surface area (Å²) in [6.45, 7) is 4.86. The molecule has 0 saturated carbocycles. The second-order valence-electron chi connectivity index (χ2n) is 5.73. The Balaban J connectivity index is 2.36. The fraction of sp³-hybridized carbons (Fsp3) is 0.600. The summed E-state index contributed by atoms with van der Waals surface area (Å²) in [6, 6.07) is 3.56. The van der Waals surface area contributed by atoms with E-state index in [0.29, 0.717) is 17.9 Å². The molecule has 2 N–H and O–H groups in total. The normalized spacial score (nSPS) is 16.4. The molecule has 5 nitrogen and oxygen atoms in total. The molecule has 0 saturated heterocycles. The molecule has 1 atom stereocenters. The fourth-order valence-corrected chi connectivity index (χ4v) is 4.05. The van der Waals surface area contributed by atoms with Crippen molar-refractivity contribution in [3.8, 4) is 0 Å². The molecule has 1 unspecified atom stereocenters. The Bertz CT molecular complexity index is 612. The van der Waals surface area contributed by atoms with Gasteiger partial charge in [-0.05, 0) is 50.3 Å². The molecule has 6 heteroatoms. The second kappa shape index (κ2) is 6.34. The third-order valence-electron chi connectivity index (χ3n) is 3.93. The number of hydrogen-bond donors (Lipinski definition) is 2. The SMILES string of the molecule is Cc1ccc(S(=O)(=O)N(C)CCC(C)O)c2c1NCCC2. The van der Waals surface area contributed by atoms with Crippen LogP contribution in [0.25, 0.3) is 0 Å². The van der Waals surface area contributed by atoms with Crippen molar-refractivity contribution in [1.29, 1.82) is 0 Å². The van der Waals surface area contributed by atoms with E-state index < -0.39 is 16.1 Å². The smallest absolute Gasteiger partial charge is 0.243 e. The van der Waals surface area contributed by atoms with Gasteiger partial charge < -0.3 is 10.4 Å². The van der Waals surface area contributed by atoms with Crippen molar-refractivity contribution in [1.82, 2.24) is 4.31 Å². The molecule has 1 aromatic carbocycles. The minimum Gasteiger partial charge on any atom is -0.393 e. The van der Waals surface area contributed by atoms with Crippen LogP contribution < -0.4 is 5.32 Å². The number of aliphatic hydroxyl groups is 1. The average molecular weight is 312 g/mol. The maximum atomic E-state index is 12.7. The van der Waals surface area contributed by atoms with Crippen LogP contribution in [0.15, 0.2) is 17.0 Å². The largest absolute Gasteiger partial charge is 0.393 e. The van der Waals surface area contributed by atoms with E-state index in [2.05, 4.69) is 5.32 Å². The number of aryl methyl sites for hydroxylation is 1. The Morgan fingerprint density at radius 1 is 1.43 bits per heavy atom. The molecular weight excluding hydrogens is 288 g/mol. The van der Waals surface area contributed by atoms with Gasteiger partial charge in [0, 0.05) is 25.8 Å². The van der Waals surface area contributed by atoms with Crippen LogP contribution in [0, 0.1) is 6.92 Å². The molecule has 0 fully saturated rings. The summed E-state index contributed by atoms with van der Waals surface area (Å²) in [5, 5.41) is 12.6. The Kier molecular flexibility index (Phi) is 4.91. The van der Waals surface area contributed by atoms with E-state index >= 15 is 0 Å². The molecule has 1 aliphatic heterocycles. The van der Waals surface area contributed by atoms with Crippen LogP contribution in [0.2, 0.25) is 0 Å². The molecule has 21 heavy (non-hydrogen) atoms. The van der Waals surface area contributed by atoms with E-state index in [1.54, 1.807) is 20.0 Å². The van der Waals surface area contributed by atoms with Crippen LogP contribution >= 0.6 is 0 Å². The Labute approximate surface area is 127 Å².